The Morgan fingerprint density at radius 1 is 1.19 bits per heavy atom. The average Bonchev–Trinajstić information content (AvgIpc) is 3.27. The number of hydrogen-bond acceptors (Lipinski definition) is 6. The number of carbonyl (C=O) groups is 1. The number of hydrogen-bond donors (Lipinski definition) is 1. The second-order valence-corrected chi connectivity index (χ2v) is 8.26. The lowest BCUT2D eigenvalue weighted by Crippen LogP contribution is -2.40. The van der Waals surface area contributed by atoms with E-state index in [2.05, 4.69) is 9.98 Å². The third-order valence-corrected chi connectivity index (χ3v) is 6.23. The van der Waals surface area contributed by atoms with Gasteiger partial charge in [0.05, 0.1) is 4.91 Å². The maximum atomic E-state index is 13.1. The monoisotopic (exact) mass is 385 g/mol. The number of aliphatic imine (C=N–C) groups is 1. The first-order valence-corrected chi connectivity index (χ1v) is 10.4. The van der Waals surface area contributed by atoms with Crippen molar-refractivity contribution < 1.29 is 9.90 Å². The van der Waals surface area contributed by atoms with Crippen molar-refractivity contribution in [2.24, 2.45) is 4.99 Å². The molecule has 134 valence electrons. The molecule has 0 radical (unpaired) electrons. The van der Waals surface area contributed by atoms with Gasteiger partial charge in [-0.25, -0.2) is 4.98 Å². The van der Waals surface area contributed by atoms with Crippen LogP contribution in [0.3, 0.4) is 0 Å². The normalized spacial score (nSPS) is 21.8. The summed E-state index contributed by atoms with van der Waals surface area (Å²) < 4.78 is 0. The van der Waals surface area contributed by atoms with Gasteiger partial charge in [-0.15, -0.1) is 11.3 Å². The van der Waals surface area contributed by atoms with Crippen LogP contribution in [-0.4, -0.2) is 32.1 Å². The number of aromatic hydroxyl groups is 1. The third-order valence-electron chi connectivity index (χ3n) is 4.58. The summed E-state index contributed by atoms with van der Waals surface area (Å²) in [4.78, 5) is 24.5. The molecule has 1 saturated heterocycles. The molecule has 1 aromatic heterocycles. The van der Waals surface area contributed by atoms with Gasteiger partial charge in [-0.05, 0) is 48.4 Å². The summed E-state index contributed by atoms with van der Waals surface area (Å²) in [6.45, 7) is 0. The Bertz CT molecular complexity index is 838. The Kier molecular flexibility index (Phi) is 5.08. The first kappa shape index (κ1) is 17.3. The molecular weight excluding hydrogens is 366 g/mol. The lowest BCUT2D eigenvalue weighted by molar-refractivity contribution is -0.124. The van der Waals surface area contributed by atoms with Crippen molar-refractivity contribution in [3.63, 3.8) is 0 Å². The molecule has 2 aromatic rings. The Labute approximate surface area is 160 Å². The van der Waals surface area contributed by atoms with Crippen LogP contribution in [0.1, 0.15) is 37.7 Å². The molecule has 1 N–H and O–H groups in total. The highest BCUT2D eigenvalue weighted by Crippen LogP contribution is 2.38. The van der Waals surface area contributed by atoms with Gasteiger partial charge < -0.3 is 5.11 Å². The van der Waals surface area contributed by atoms with Crippen molar-refractivity contribution in [2.45, 2.75) is 38.1 Å². The summed E-state index contributed by atoms with van der Waals surface area (Å²) in [5.74, 6) is 0.234. The van der Waals surface area contributed by atoms with Gasteiger partial charge in [0.1, 0.15) is 5.75 Å². The van der Waals surface area contributed by atoms with E-state index in [1.54, 1.807) is 30.5 Å². The zero-order valence-electron chi connectivity index (χ0n) is 14.2. The minimum atomic E-state index is 0.0188. The van der Waals surface area contributed by atoms with E-state index in [0.29, 0.717) is 10.0 Å². The van der Waals surface area contributed by atoms with Crippen LogP contribution in [-0.2, 0) is 4.79 Å². The average molecular weight is 386 g/mol. The van der Waals surface area contributed by atoms with E-state index in [-0.39, 0.29) is 17.7 Å². The van der Waals surface area contributed by atoms with Gasteiger partial charge in [0, 0.05) is 17.6 Å². The van der Waals surface area contributed by atoms with Gasteiger partial charge in [0.15, 0.2) is 5.17 Å². The number of aromatic nitrogens is 1. The molecule has 0 bridgehead atoms. The summed E-state index contributed by atoms with van der Waals surface area (Å²) in [6.07, 6.45) is 9.18. The van der Waals surface area contributed by atoms with Gasteiger partial charge in [-0.3, -0.25) is 9.69 Å². The lowest BCUT2D eigenvalue weighted by Gasteiger charge is -2.30. The Hall–Kier alpha value is -2.12. The van der Waals surface area contributed by atoms with Crippen molar-refractivity contribution >= 4 is 45.4 Å². The molecule has 2 fully saturated rings. The summed E-state index contributed by atoms with van der Waals surface area (Å²) in [5.41, 5.74) is 0.887. The predicted molar refractivity (Wildman–Crippen MR) is 107 cm³/mol. The number of amidine groups is 1. The highest BCUT2D eigenvalue weighted by Gasteiger charge is 2.38. The number of phenols is 1. The Morgan fingerprint density at radius 3 is 2.65 bits per heavy atom. The van der Waals surface area contributed by atoms with Crippen molar-refractivity contribution in [3.8, 4) is 5.75 Å². The summed E-state index contributed by atoms with van der Waals surface area (Å²) in [7, 11) is 0. The molecule has 0 atom stereocenters. The first-order valence-electron chi connectivity index (χ1n) is 8.71. The van der Waals surface area contributed by atoms with E-state index in [4.69, 9.17) is 0 Å². The van der Waals surface area contributed by atoms with Gasteiger partial charge in [-0.1, -0.05) is 31.4 Å². The number of carbonyl (C=O) groups excluding carboxylic acids is 1. The molecule has 1 saturated carbocycles. The fourth-order valence-electron chi connectivity index (χ4n) is 3.30. The van der Waals surface area contributed by atoms with E-state index in [9.17, 15) is 9.90 Å². The molecule has 4 rings (SSSR count). The van der Waals surface area contributed by atoms with Crippen LogP contribution in [0.15, 0.2) is 45.7 Å². The zero-order valence-corrected chi connectivity index (χ0v) is 15.8. The van der Waals surface area contributed by atoms with Crippen molar-refractivity contribution in [2.75, 3.05) is 0 Å². The summed E-state index contributed by atoms with van der Waals surface area (Å²) >= 11 is 2.88. The van der Waals surface area contributed by atoms with Crippen molar-refractivity contribution in [3.05, 3.63) is 46.3 Å². The van der Waals surface area contributed by atoms with Gasteiger partial charge in [0.2, 0.25) is 5.13 Å². The molecule has 7 heteroatoms. The maximum Gasteiger partial charge on any atom is 0.267 e. The van der Waals surface area contributed by atoms with E-state index >= 15 is 0 Å². The van der Waals surface area contributed by atoms with Gasteiger partial charge in [0.25, 0.3) is 5.91 Å². The van der Waals surface area contributed by atoms with Crippen LogP contribution in [0.25, 0.3) is 6.08 Å². The topological polar surface area (TPSA) is 65.8 Å². The van der Waals surface area contributed by atoms with Crippen LogP contribution < -0.4 is 0 Å². The minimum Gasteiger partial charge on any atom is -0.508 e. The number of rotatable bonds is 3. The lowest BCUT2D eigenvalue weighted by atomic mass is 9.94. The maximum absolute atomic E-state index is 13.1. The fraction of sp³-hybridized carbons (Fsp3) is 0.316. The van der Waals surface area contributed by atoms with Crippen LogP contribution in [0.4, 0.5) is 5.13 Å². The molecule has 26 heavy (non-hydrogen) atoms. The zero-order chi connectivity index (χ0) is 17.9. The molecular formula is C19H19N3O2S2. The molecule has 1 aromatic carbocycles. The van der Waals surface area contributed by atoms with Crippen molar-refractivity contribution in [1.29, 1.82) is 0 Å². The minimum absolute atomic E-state index is 0.0188. The number of thioether (sulfide) groups is 1. The van der Waals surface area contributed by atoms with E-state index in [0.717, 1.165) is 36.4 Å². The number of nitrogens with zero attached hydrogens (tertiary/aromatic N) is 3. The molecule has 1 aliphatic heterocycles. The number of benzene rings is 1. The van der Waals surface area contributed by atoms with Crippen molar-refractivity contribution in [1.82, 2.24) is 9.88 Å². The van der Waals surface area contributed by atoms with Gasteiger partial charge >= 0.3 is 0 Å². The standard InChI is InChI=1S/C19H19N3O2S2/c23-15-8-6-13(7-9-15)12-16-17(24)22(14-4-2-1-3-5-14)19(26-16)21-18-20-10-11-25-18/h6-12,14,23H,1-5H2/b16-12-,21-19+. The summed E-state index contributed by atoms with van der Waals surface area (Å²) in [6, 6.07) is 7.07. The van der Waals surface area contributed by atoms with Crippen LogP contribution >= 0.6 is 23.1 Å². The molecule has 0 spiro atoms. The quantitative estimate of drug-likeness (QED) is 0.772. The second kappa shape index (κ2) is 7.63. The number of phenolic OH excluding ortho intramolecular Hbond substituents is 1. The number of thiazole rings is 1. The fourth-order valence-corrected chi connectivity index (χ4v) is 4.90. The second-order valence-electron chi connectivity index (χ2n) is 6.38. The molecule has 1 amide bonds. The first-order chi connectivity index (χ1) is 12.7. The molecule has 5 nitrogen and oxygen atoms in total. The highest BCUT2D eigenvalue weighted by atomic mass is 32.2. The van der Waals surface area contributed by atoms with Gasteiger partial charge in [-0.2, -0.15) is 4.99 Å². The van der Waals surface area contributed by atoms with E-state index < -0.39 is 0 Å². The predicted octanol–water partition coefficient (Wildman–Crippen LogP) is 4.79. The van der Waals surface area contributed by atoms with Crippen LogP contribution in [0.2, 0.25) is 0 Å². The Balaban J connectivity index is 1.67. The third kappa shape index (κ3) is 3.68. The van der Waals surface area contributed by atoms with Crippen LogP contribution in [0.5, 0.6) is 5.75 Å². The van der Waals surface area contributed by atoms with E-state index in [1.807, 2.05) is 16.4 Å². The van der Waals surface area contributed by atoms with Crippen LogP contribution in [0, 0.1) is 0 Å². The Morgan fingerprint density at radius 2 is 1.96 bits per heavy atom. The summed E-state index contributed by atoms with van der Waals surface area (Å²) in [5, 5.41) is 12.7. The SMILES string of the molecule is O=C1/C(=C/c2ccc(O)cc2)S/C(=N/c2nccs2)N1C1CCCCC1. The smallest absolute Gasteiger partial charge is 0.267 e. The highest BCUT2D eigenvalue weighted by molar-refractivity contribution is 8.18. The number of amides is 1. The largest absolute Gasteiger partial charge is 0.508 e. The molecule has 1 aliphatic carbocycles. The molecule has 2 aliphatic rings. The van der Waals surface area contributed by atoms with E-state index in [1.165, 1.54) is 29.5 Å². The molecule has 0 unspecified atom stereocenters. The molecule has 2 heterocycles.